The molecule has 0 N–H and O–H groups in total. The topological polar surface area (TPSA) is 21.2 Å². The summed E-state index contributed by atoms with van der Waals surface area (Å²) in [7, 11) is 0. The van der Waals surface area contributed by atoms with Gasteiger partial charge in [0.15, 0.2) is 5.69 Å². The first-order valence-corrected chi connectivity index (χ1v) is 7.48. The molecule has 0 spiro atoms. The van der Waals surface area contributed by atoms with Crippen LogP contribution in [0.5, 0.6) is 0 Å². The van der Waals surface area contributed by atoms with E-state index in [-0.39, 0.29) is 0 Å². The lowest BCUT2D eigenvalue weighted by Crippen LogP contribution is -2.50. The molecule has 0 radical (unpaired) electrons. The number of pyridine rings is 1. The summed E-state index contributed by atoms with van der Waals surface area (Å²) in [4.78, 5) is 6.01. The lowest BCUT2D eigenvalue weighted by Gasteiger charge is -2.39. The second-order valence-corrected chi connectivity index (χ2v) is 5.94. The standard InChI is InChI=1S/C15H16BrN3O/c1-4-18(13-8-20-9-13)15-10(2)14(17-3)6-12-5-11(16)7-19(12)15/h5-7,13H,4,8-9H2,1-2H3. The minimum Gasteiger partial charge on any atom is -0.377 e. The Morgan fingerprint density at radius 3 is 2.80 bits per heavy atom. The van der Waals surface area contributed by atoms with Gasteiger partial charge in [-0.1, -0.05) is 0 Å². The van der Waals surface area contributed by atoms with Crippen LogP contribution < -0.4 is 4.90 Å². The van der Waals surface area contributed by atoms with Crippen molar-refractivity contribution in [2.75, 3.05) is 24.7 Å². The van der Waals surface area contributed by atoms with Gasteiger partial charge in [-0.2, -0.15) is 0 Å². The van der Waals surface area contributed by atoms with Crippen LogP contribution in [0.15, 0.2) is 22.8 Å². The van der Waals surface area contributed by atoms with E-state index in [0.29, 0.717) is 6.04 Å². The van der Waals surface area contributed by atoms with Crippen LogP contribution >= 0.6 is 15.9 Å². The molecule has 104 valence electrons. The van der Waals surface area contributed by atoms with Gasteiger partial charge in [-0.3, -0.25) is 0 Å². The number of hydrogen-bond donors (Lipinski definition) is 0. The Morgan fingerprint density at radius 2 is 2.25 bits per heavy atom. The molecule has 1 aliphatic rings. The quantitative estimate of drug-likeness (QED) is 0.797. The molecule has 1 saturated heterocycles. The first-order chi connectivity index (χ1) is 9.65. The maximum atomic E-state index is 7.39. The third kappa shape index (κ3) is 2.00. The molecule has 2 aromatic heterocycles. The third-order valence-electron chi connectivity index (χ3n) is 3.84. The van der Waals surface area contributed by atoms with Crippen molar-refractivity contribution >= 4 is 33.0 Å². The molecule has 0 aliphatic carbocycles. The summed E-state index contributed by atoms with van der Waals surface area (Å²) in [6, 6.07) is 4.40. The molecular formula is C15H16BrN3O. The van der Waals surface area contributed by atoms with Crippen LogP contribution in [0.3, 0.4) is 0 Å². The number of aromatic nitrogens is 1. The fourth-order valence-electron chi connectivity index (χ4n) is 2.74. The van der Waals surface area contributed by atoms with E-state index in [1.165, 1.54) is 0 Å². The number of ether oxygens (including phenoxy) is 1. The van der Waals surface area contributed by atoms with E-state index in [2.05, 4.69) is 43.2 Å². The largest absolute Gasteiger partial charge is 0.377 e. The normalized spacial score (nSPS) is 15.1. The van der Waals surface area contributed by atoms with Gasteiger partial charge < -0.3 is 14.0 Å². The number of likely N-dealkylation sites (N-methyl/N-ethyl adjacent to an activating group) is 1. The summed E-state index contributed by atoms with van der Waals surface area (Å²) >= 11 is 3.53. The van der Waals surface area contributed by atoms with E-state index in [1.54, 1.807) is 0 Å². The highest BCUT2D eigenvalue weighted by Gasteiger charge is 2.28. The number of nitrogens with zero attached hydrogens (tertiary/aromatic N) is 3. The van der Waals surface area contributed by atoms with Crippen LogP contribution in [-0.4, -0.2) is 30.2 Å². The van der Waals surface area contributed by atoms with Gasteiger partial charge in [0.25, 0.3) is 0 Å². The molecule has 3 heterocycles. The van der Waals surface area contributed by atoms with Crippen molar-refractivity contribution in [2.24, 2.45) is 0 Å². The van der Waals surface area contributed by atoms with Crippen molar-refractivity contribution in [1.29, 1.82) is 0 Å². The molecule has 1 aliphatic heterocycles. The average molecular weight is 334 g/mol. The Kier molecular flexibility index (Phi) is 3.45. The smallest absolute Gasteiger partial charge is 0.195 e. The van der Waals surface area contributed by atoms with Crippen molar-refractivity contribution in [1.82, 2.24) is 4.40 Å². The molecule has 0 unspecified atom stereocenters. The molecule has 5 heteroatoms. The predicted molar refractivity (Wildman–Crippen MR) is 83.7 cm³/mol. The molecular weight excluding hydrogens is 318 g/mol. The highest BCUT2D eigenvalue weighted by Crippen LogP contribution is 2.35. The Labute approximate surface area is 126 Å². The zero-order valence-corrected chi connectivity index (χ0v) is 13.1. The summed E-state index contributed by atoms with van der Waals surface area (Å²) in [6.45, 7) is 14.0. The second-order valence-electron chi connectivity index (χ2n) is 5.02. The number of halogens is 1. The third-order valence-corrected chi connectivity index (χ3v) is 4.28. The number of anilines is 1. The number of fused-ring (bicyclic) bond motifs is 1. The van der Waals surface area contributed by atoms with Crippen LogP contribution in [0.4, 0.5) is 11.5 Å². The summed E-state index contributed by atoms with van der Waals surface area (Å²) in [6.07, 6.45) is 2.06. The summed E-state index contributed by atoms with van der Waals surface area (Å²) in [5.41, 5.74) is 2.79. The van der Waals surface area contributed by atoms with Crippen LogP contribution in [0.1, 0.15) is 12.5 Å². The number of rotatable bonds is 3. The van der Waals surface area contributed by atoms with Crippen LogP contribution in [0.2, 0.25) is 0 Å². The molecule has 0 saturated carbocycles. The van der Waals surface area contributed by atoms with E-state index in [4.69, 9.17) is 11.3 Å². The SMILES string of the molecule is [C-]#[N+]c1cc2cc(Br)cn2c(N(CC)C2COC2)c1C. The molecule has 20 heavy (non-hydrogen) atoms. The van der Waals surface area contributed by atoms with Gasteiger partial charge in [0.05, 0.1) is 25.8 Å². The molecule has 1 fully saturated rings. The van der Waals surface area contributed by atoms with Crippen molar-refractivity contribution in [2.45, 2.75) is 19.9 Å². The molecule has 2 aromatic rings. The molecule has 4 nitrogen and oxygen atoms in total. The van der Waals surface area contributed by atoms with Gasteiger partial charge in [0.1, 0.15) is 5.82 Å². The first-order valence-electron chi connectivity index (χ1n) is 6.68. The Bertz CT molecular complexity index is 697. The van der Waals surface area contributed by atoms with Crippen molar-refractivity contribution in [3.05, 3.63) is 39.8 Å². The fourth-order valence-corrected chi connectivity index (χ4v) is 3.18. The maximum Gasteiger partial charge on any atom is 0.195 e. The summed E-state index contributed by atoms with van der Waals surface area (Å²) in [5, 5.41) is 0. The Hall–Kier alpha value is -1.51. The molecule has 0 aromatic carbocycles. The minimum absolute atomic E-state index is 0.407. The highest BCUT2D eigenvalue weighted by atomic mass is 79.9. The average Bonchev–Trinajstić information content (AvgIpc) is 2.73. The van der Waals surface area contributed by atoms with Gasteiger partial charge in [-0.05, 0) is 47.5 Å². The van der Waals surface area contributed by atoms with Gasteiger partial charge in [0, 0.05) is 22.7 Å². The second kappa shape index (κ2) is 5.12. The van der Waals surface area contributed by atoms with E-state index in [1.807, 2.05) is 19.1 Å². The fraction of sp³-hybridized carbons (Fsp3) is 0.400. The molecule has 0 amide bonds. The van der Waals surface area contributed by atoms with Gasteiger partial charge in [-0.15, -0.1) is 0 Å². The van der Waals surface area contributed by atoms with Crippen molar-refractivity contribution < 1.29 is 4.74 Å². The van der Waals surface area contributed by atoms with Gasteiger partial charge >= 0.3 is 0 Å². The lowest BCUT2D eigenvalue weighted by molar-refractivity contribution is 0.00810. The zero-order valence-electron chi connectivity index (χ0n) is 11.6. The molecule has 3 rings (SSSR count). The molecule has 0 atom stereocenters. The van der Waals surface area contributed by atoms with Gasteiger partial charge in [0.2, 0.25) is 0 Å². The monoisotopic (exact) mass is 333 g/mol. The van der Waals surface area contributed by atoms with Crippen molar-refractivity contribution in [3.8, 4) is 0 Å². The Morgan fingerprint density at radius 1 is 1.50 bits per heavy atom. The minimum atomic E-state index is 0.407. The van der Waals surface area contributed by atoms with Crippen LogP contribution in [0, 0.1) is 13.5 Å². The van der Waals surface area contributed by atoms with Crippen LogP contribution in [-0.2, 0) is 4.74 Å². The first kappa shape index (κ1) is 13.5. The van der Waals surface area contributed by atoms with E-state index >= 15 is 0 Å². The predicted octanol–water partition coefficient (Wildman–Crippen LogP) is 3.79. The molecule has 0 bridgehead atoms. The number of hydrogen-bond acceptors (Lipinski definition) is 2. The zero-order chi connectivity index (χ0) is 14.3. The summed E-state index contributed by atoms with van der Waals surface area (Å²) < 4.78 is 8.52. The lowest BCUT2D eigenvalue weighted by atomic mass is 10.1. The van der Waals surface area contributed by atoms with Crippen LogP contribution in [0.25, 0.3) is 10.4 Å². The van der Waals surface area contributed by atoms with E-state index in [9.17, 15) is 0 Å². The van der Waals surface area contributed by atoms with E-state index in [0.717, 1.165) is 46.8 Å². The van der Waals surface area contributed by atoms with Crippen molar-refractivity contribution in [3.63, 3.8) is 0 Å². The summed E-state index contributed by atoms with van der Waals surface area (Å²) in [5.74, 6) is 1.11. The van der Waals surface area contributed by atoms with Gasteiger partial charge in [-0.25, -0.2) is 4.85 Å². The van der Waals surface area contributed by atoms with E-state index < -0.39 is 0 Å². The Balaban J connectivity index is 2.25. The highest BCUT2D eigenvalue weighted by molar-refractivity contribution is 9.10. The maximum absolute atomic E-state index is 7.39.